The zero-order valence-electron chi connectivity index (χ0n) is 13.5. The Kier molecular flexibility index (Phi) is 6.42. The van der Waals surface area contributed by atoms with Gasteiger partial charge in [-0.25, -0.2) is 0 Å². The molecule has 1 heterocycles. The molecule has 0 saturated heterocycles. The summed E-state index contributed by atoms with van der Waals surface area (Å²) < 4.78 is 10.8. The molecule has 1 unspecified atom stereocenters. The van der Waals surface area contributed by atoms with Gasteiger partial charge >= 0.3 is 5.97 Å². The van der Waals surface area contributed by atoms with Crippen LogP contribution in [-0.2, 0) is 11.4 Å². The Bertz CT molecular complexity index is 665. The Labute approximate surface area is 140 Å². The van der Waals surface area contributed by atoms with Gasteiger partial charge in [0.05, 0.1) is 12.2 Å². The highest BCUT2D eigenvalue weighted by Crippen LogP contribution is 2.16. The maximum Gasteiger partial charge on any atom is 0.308 e. The molecule has 0 spiro atoms. The van der Waals surface area contributed by atoms with Crippen LogP contribution in [0.3, 0.4) is 0 Å². The van der Waals surface area contributed by atoms with Crippen molar-refractivity contribution in [2.75, 3.05) is 6.54 Å². The van der Waals surface area contributed by atoms with Gasteiger partial charge in [0.25, 0.3) is 5.91 Å². The average Bonchev–Trinajstić information content (AvgIpc) is 3.06. The Morgan fingerprint density at radius 1 is 1.25 bits per heavy atom. The molecule has 1 aromatic carbocycles. The standard InChI is InChI=1S/C18H21NO5/c1-2-6-13(18(21)22)11-19-17(20)16-14(9-10-23-16)12-24-15-7-4-3-5-8-15/h3-5,7-10,13H,2,6,11-12H2,1H3,(H,19,20)(H,21,22). The lowest BCUT2D eigenvalue weighted by molar-refractivity contribution is -0.141. The maximum atomic E-state index is 12.2. The van der Waals surface area contributed by atoms with Gasteiger partial charge in [0, 0.05) is 12.1 Å². The highest BCUT2D eigenvalue weighted by Gasteiger charge is 2.20. The second kappa shape index (κ2) is 8.76. The van der Waals surface area contributed by atoms with E-state index in [2.05, 4.69) is 5.32 Å². The van der Waals surface area contributed by atoms with Crippen LogP contribution in [0.5, 0.6) is 5.75 Å². The van der Waals surface area contributed by atoms with E-state index in [4.69, 9.17) is 14.3 Å². The highest BCUT2D eigenvalue weighted by atomic mass is 16.5. The number of benzene rings is 1. The monoisotopic (exact) mass is 331 g/mol. The molecule has 2 rings (SSSR count). The number of carboxylic acids is 1. The van der Waals surface area contributed by atoms with Crippen LogP contribution < -0.4 is 10.1 Å². The number of ether oxygens (including phenoxy) is 1. The van der Waals surface area contributed by atoms with Crippen LogP contribution in [0.4, 0.5) is 0 Å². The van der Waals surface area contributed by atoms with E-state index in [0.29, 0.717) is 17.7 Å². The van der Waals surface area contributed by atoms with E-state index in [0.717, 1.165) is 6.42 Å². The second-order valence-electron chi connectivity index (χ2n) is 5.41. The minimum atomic E-state index is -0.913. The van der Waals surface area contributed by atoms with E-state index in [1.807, 2.05) is 37.3 Å². The zero-order chi connectivity index (χ0) is 17.4. The lowest BCUT2D eigenvalue weighted by atomic mass is 10.0. The summed E-state index contributed by atoms with van der Waals surface area (Å²) in [6.07, 6.45) is 2.67. The van der Waals surface area contributed by atoms with Gasteiger partial charge in [-0.3, -0.25) is 9.59 Å². The molecule has 0 radical (unpaired) electrons. The molecule has 6 nitrogen and oxygen atoms in total. The minimum Gasteiger partial charge on any atom is -0.489 e. The van der Waals surface area contributed by atoms with Gasteiger partial charge in [-0.2, -0.15) is 0 Å². The Morgan fingerprint density at radius 3 is 2.67 bits per heavy atom. The summed E-state index contributed by atoms with van der Waals surface area (Å²) in [6, 6.07) is 10.9. The molecule has 6 heteroatoms. The van der Waals surface area contributed by atoms with Gasteiger partial charge in [0.1, 0.15) is 12.4 Å². The van der Waals surface area contributed by atoms with E-state index in [-0.39, 0.29) is 18.9 Å². The molecule has 1 aromatic heterocycles. The summed E-state index contributed by atoms with van der Waals surface area (Å²) in [5, 5.41) is 11.7. The third-order valence-corrected chi connectivity index (χ3v) is 3.59. The molecule has 24 heavy (non-hydrogen) atoms. The fraction of sp³-hybridized carbons (Fsp3) is 0.333. The van der Waals surface area contributed by atoms with Crippen LogP contribution in [0.2, 0.25) is 0 Å². The molecule has 0 bridgehead atoms. The largest absolute Gasteiger partial charge is 0.489 e. The van der Waals surface area contributed by atoms with Crippen molar-refractivity contribution in [3.63, 3.8) is 0 Å². The van der Waals surface area contributed by atoms with Gasteiger partial charge in [0.15, 0.2) is 5.76 Å². The number of carboxylic acid groups (broad SMARTS) is 1. The number of hydrogen-bond donors (Lipinski definition) is 2. The molecular weight excluding hydrogens is 310 g/mol. The van der Waals surface area contributed by atoms with E-state index >= 15 is 0 Å². The third kappa shape index (κ3) is 4.87. The summed E-state index contributed by atoms with van der Waals surface area (Å²) >= 11 is 0. The smallest absolute Gasteiger partial charge is 0.308 e. The average molecular weight is 331 g/mol. The van der Waals surface area contributed by atoms with Gasteiger partial charge in [-0.15, -0.1) is 0 Å². The Hall–Kier alpha value is -2.76. The summed E-state index contributed by atoms with van der Waals surface area (Å²) in [6.45, 7) is 2.17. The van der Waals surface area contributed by atoms with E-state index in [1.165, 1.54) is 6.26 Å². The first-order valence-electron chi connectivity index (χ1n) is 7.87. The number of amides is 1. The number of para-hydroxylation sites is 1. The molecule has 0 aliphatic rings. The van der Waals surface area contributed by atoms with Crippen LogP contribution >= 0.6 is 0 Å². The lowest BCUT2D eigenvalue weighted by Crippen LogP contribution is -2.33. The first-order chi connectivity index (χ1) is 11.6. The van der Waals surface area contributed by atoms with Crippen molar-refractivity contribution in [2.24, 2.45) is 5.92 Å². The lowest BCUT2D eigenvalue weighted by Gasteiger charge is -2.12. The molecule has 0 fully saturated rings. The number of hydrogen-bond acceptors (Lipinski definition) is 4. The first-order valence-corrected chi connectivity index (χ1v) is 7.87. The molecule has 128 valence electrons. The first kappa shape index (κ1) is 17.6. The van der Waals surface area contributed by atoms with E-state index in [9.17, 15) is 9.59 Å². The van der Waals surface area contributed by atoms with Crippen LogP contribution in [0.25, 0.3) is 0 Å². The number of furan rings is 1. The summed E-state index contributed by atoms with van der Waals surface area (Å²) in [5.74, 6) is -1.11. The topological polar surface area (TPSA) is 88.8 Å². The molecular formula is C18H21NO5. The number of aliphatic carboxylic acids is 1. The van der Waals surface area contributed by atoms with Gasteiger partial charge in [-0.05, 0) is 24.6 Å². The van der Waals surface area contributed by atoms with Crippen LogP contribution in [0, 0.1) is 5.92 Å². The van der Waals surface area contributed by atoms with Crippen molar-refractivity contribution in [3.05, 3.63) is 54.0 Å². The van der Waals surface area contributed by atoms with Gasteiger partial charge in [0.2, 0.25) is 0 Å². The predicted octanol–water partition coefficient (Wildman–Crippen LogP) is 3.09. The van der Waals surface area contributed by atoms with Crippen LogP contribution in [-0.4, -0.2) is 23.5 Å². The van der Waals surface area contributed by atoms with Crippen molar-refractivity contribution in [3.8, 4) is 5.75 Å². The number of carbonyl (C=O) groups is 2. The second-order valence-corrected chi connectivity index (χ2v) is 5.41. The Balaban J connectivity index is 1.93. The van der Waals surface area contributed by atoms with E-state index in [1.54, 1.807) is 6.07 Å². The predicted molar refractivity (Wildman–Crippen MR) is 87.8 cm³/mol. The fourth-order valence-electron chi connectivity index (χ4n) is 2.28. The van der Waals surface area contributed by atoms with E-state index < -0.39 is 17.8 Å². The van der Waals surface area contributed by atoms with Crippen molar-refractivity contribution in [1.29, 1.82) is 0 Å². The van der Waals surface area contributed by atoms with Crippen LogP contribution in [0.15, 0.2) is 47.1 Å². The van der Waals surface area contributed by atoms with Crippen molar-refractivity contribution in [1.82, 2.24) is 5.32 Å². The minimum absolute atomic E-state index is 0.0711. The molecule has 1 amide bonds. The molecule has 0 saturated carbocycles. The maximum absolute atomic E-state index is 12.2. The Morgan fingerprint density at radius 2 is 2.00 bits per heavy atom. The normalized spacial score (nSPS) is 11.7. The summed E-state index contributed by atoms with van der Waals surface area (Å²) in [4.78, 5) is 23.3. The SMILES string of the molecule is CCCC(CNC(=O)c1occc1COc1ccccc1)C(=O)O. The fourth-order valence-corrected chi connectivity index (χ4v) is 2.28. The molecule has 2 N–H and O–H groups in total. The van der Waals surface area contributed by atoms with Crippen LogP contribution in [0.1, 0.15) is 35.9 Å². The van der Waals surface area contributed by atoms with Crippen molar-refractivity contribution >= 4 is 11.9 Å². The van der Waals surface area contributed by atoms with Gasteiger partial charge in [-0.1, -0.05) is 31.5 Å². The molecule has 0 aliphatic heterocycles. The highest BCUT2D eigenvalue weighted by molar-refractivity contribution is 5.93. The molecule has 0 aliphatic carbocycles. The quantitative estimate of drug-likeness (QED) is 0.737. The number of nitrogens with one attached hydrogen (secondary N) is 1. The molecule has 1 atom stereocenters. The number of rotatable bonds is 9. The molecule has 2 aromatic rings. The summed E-state index contributed by atoms with van der Waals surface area (Å²) in [5.41, 5.74) is 0.610. The summed E-state index contributed by atoms with van der Waals surface area (Å²) in [7, 11) is 0. The van der Waals surface area contributed by atoms with Crippen molar-refractivity contribution < 1.29 is 23.8 Å². The number of carbonyl (C=O) groups excluding carboxylic acids is 1. The van der Waals surface area contributed by atoms with Gasteiger partial charge < -0.3 is 19.6 Å². The van der Waals surface area contributed by atoms with Crippen molar-refractivity contribution in [2.45, 2.75) is 26.4 Å². The third-order valence-electron chi connectivity index (χ3n) is 3.59. The zero-order valence-corrected chi connectivity index (χ0v) is 13.5.